The van der Waals surface area contributed by atoms with Crippen molar-refractivity contribution in [3.05, 3.63) is 35.9 Å². The third kappa shape index (κ3) is 3.48. The fourth-order valence-corrected chi connectivity index (χ4v) is 1.36. The fourth-order valence-electron chi connectivity index (χ4n) is 1.36. The van der Waals surface area contributed by atoms with E-state index in [1.54, 1.807) is 7.11 Å². The fraction of sp³-hybridized carbons (Fsp3) is 0.462. The van der Waals surface area contributed by atoms with Crippen molar-refractivity contribution in [1.29, 1.82) is 0 Å². The summed E-state index contributed by atoms with van der Waals surface area (Å²) in [4.78, 5) is 4.61. The summed E-state index contributed by atoms with van der Waals surface area (Å²) in [5, 5.41) is 0. The van der Waals surface area contributed by atoms with Crippen molar-refractivity contribution >= 4 is 5.71 Å². The van der Waals surface area contributed by atoms with Crippen molar-refractivity contribution < 1.29 is 4.74 Å². The van der Waals surface area contributed by atoms with Gasteiger partial charge in [-0.25, -0.2) is 0 Å². The number of benzene rings is 1. The van der Waals surface area contributed by atoms with Crippen LogP contribution in [0.3, 0.4) is 0 Å². The smallest absolute Gasteiger partial charge is 0.0763 e. The molecule has 0 bridgehead atoms. The number of aliphatic imine (C=N–C) groups is 1. The summed E-state index contributed by atoms with van der Waals surface area (Å²) in [6.07, 6.45) is 0.156. The Morgan fingerprint density at radius 3 is 2.33 bits per heavy atom. The van der Waals surface area contributed by atoms with E-state index >= 15 is 0 Å². The number of nitrogens with zero attached hydrogens (tertiary/aromatic N) is 1. The first-order valence-electron chi connectivity index (χ1n) is 5.27. The van der Waals surface area contributed by atoms with Crippen LogP contribution in [0.4, 0.5) is 0 Å². The van der Waals surface area contributed by atoms with E-state index in [1.807, 2.05) is 32.0 Å². The van der Waals surface area contributed by atoms with Crippen LogP contribution < -0.4 is 0 Å². The van der Waals surface area contributed by atoms with Crippen LogP contribution in [-0.2, 0) is 4.74 Å². The lowest BCUT2D eigenvalue weighted by molar-refractivity contribution is 0.101. The molecule has 0 amide bonds. The van der Waals surface area contributed by atoms with Gasteiger partial charge in [-0.05, 0) is 26.3 Å². The molecule has 1 unspecified atom stereocenters. The van der Waals surface area contributed by atoms with Crippen molar-refractivity contribution in [2.45, 2.75) is 32.9 Å². The summed E-state index contributed by atoms with van der Waals surface area (Å²) >= 11 is 0. The highest BCUT2D eigenvalue weighted by Crippen LogP contribution is 2.06. The second-order valence-electron chi connectivity index (χ2n) is 3.76. The Kier molecular flexibility index (Phi) is 4.50. The normalized spacial score (nSPS) is 16.1. The van der Waals surface area contributed by atoms with Gasteiger partial charge in [0.05, 0.1) is 12.1 Å². The van der Waals surface area contributed by atoms with E-state index in [4.69, 9.17) is 4.74 Å². The summed E-state index contributed by atoms with van der Waals surface area (Å²) in [6.45, 7) is 6.14. The quantitative estimate of drug-likeness (QED) is 0.692. The topological polar surface area (TPSA) is 21.6 Å². The molecule has 0 heterocycles. The molecular weight excluding hydrogens is 186 g/mol. The van der Waals surface area contributed by atoms with Crippen molar-refractivity contribution in [3.8, 4) is 0 Å². The largest absolute Gasteiger partial charge is 0.380 e. The minimum atomic E-state index is 0.156. The molecule has 15 heavy (non-hydrogen) atoms. The average Bonchev–Trinajstić information content (AvgIpc) is 2.29. The second kappa shape index (κ2) is 5.66. The molecule has 0 aromatic heterocycles. The zero-order valence-corrected chi connectivity index (χ0v) is 9.90. The summed E-state index contributed by atoms with van der Waals surface area (Å²) < 4.78 is 5.24. The number of hydrogen-bond acceptors (Lipinski definition) is 2. The average molecular weight is 205 g/mol. The highest BCUT2D eigenvalue weighted by atomic mass is 16.5. The summed E-state index contributed by atoms with van der Waals surface area (Å²) in [5.41, 5.74) is 2.24. The summed E-state index contributed by atoms with van der Waals surface area (Å²) in [6, 6.07) is 10.4. The van der Waals surface area contributed by atoms with Crippen LogP contribution in [-0.4, -0.2) is 25.0 Å². The van der Waals surface area contributed by atoms with Crippen LogP contribution >= 0.6 is 0 Å². The van der Waals surface area contributed by atoms with E-state index in [2.05, 4.69) is 24.0 Å². The van der Waals surface area contributed by atoms with Gasteiger partial charge in [-0.3, -0.25) is 4.99 Å². The van der Waals surface area contributed by atoms with E-state index in [9.17, 15) is 0 Å². The monoisotopic (exact) mass is 205 g/mol. The van der Waals surface area contributed by atoms with Crippen LogP contribution in [0.1, 0.15) is 26.3 Å². The van der Waals surface area contributed by atoms with E-state index in [-0.39, 0.29) is 12.1 Å². The van der Waals surface area contributed by atoms with Gasteiger partial charge in [-0.2, -0.15) is 0 Å². The molecule has 0 saturated carbocycles. The van der Waals surface area contributed by atoms with Gasteiger partial charge >= 0.3 is 0 Å². The third-order valence-corrected chi connectivity index (χ3v) is 2.64. The van der Waals surface area contributed by atoms with Gasteiger partial charge in [-0.15, -0.1) is 0 Å². The van der Waals surface area contributed by atoms with Crippen LogP contribution in [0.2, 0.25) is 0 Å². The zero-order valence-electron chi connectivity index (χ0n) is 9.90. The first kappa shape index (κ1) is 11.9. The van der Waals surface area contributed by atoms with E-state index in [1.165, 1.54) is 5.56 Å². The van der Waals surface area contributed by atoms with E-state index in [0.717, 1.165) is 5.71 Å². The van der Waals surface area contributed by atoms with Gasteiger partial charge < -0.3 is 4.74 Å². The lowest BCUT2D eigenvalue weighted by Gasteiger charge is -2.15. The lowest BCUT2D eigenvalue weighted by atomic mass is 10.1. The molecule has 1 aromatic carbocycles. The summed E-state index contributed by atoms with van der Waals surface area (Å²) in [5.74, 6) is 0. The van der Waals surface area contributed by atoms with Crippen LogP contribution in [0, 0.1) is 0 Å². The molecule has 82 valence electrons. The first-order chi connectivity index (χ1) is 7.15. The van der Waals surface area contributed by atoms with Crippen LogP contribution in [0.25, 0.3) is 0 Å². The molecule has 0 aliphatic rings. The minimum Gasteiger partial charge on any atom is -0.380 e. The number of ether oxygens (including phenoxy) is 1. The second-order valence-corrected chi connectivity index (χ2v) is 3.76. The van der Waals surface area contributed by atoms with Gasteiger partial charge in [-0.1, -0.05) is 30.3 Å². The Morgan fingerprint density at radius 2 is 1.80 bits per heavy atom. The van der Waals surface area contributed by atoms with Crippen molar-refractivity contribution in [1.82, 2.24) is 0 Å². The Labute approximate surface area is 92.0 Å². The molecule has 0 N–H and O–H groups in total. The molecule has 0 fully saturated rings. The predicted molar refractivity (Wildman–Crippen MR) is 64.6 cm³/mol. The van der Waals surface area contributed by atoms with Gasteiger partial charge in [0.1, 0.15) is 0 Å². The molecule has 2 heteroatoms. The van der Waals surface area contributed by atoms with Gasteiger partial charge in [0.15, 0.2) is 0 Å². The SMILES string of the molecule is COC(C)[C@H](C)N=C(C)c1ccccc1. The molecule has 0 aliphatic carbocycles. The molecule has 2 nitrogen and oxygen atoms in total. The minimum absolute atomic E-state index is 0.156. The number of methoxy groups -OCH3 is 1. The molecule has 1 aromatic rings. The maximum absolute atomic E-state index is 5.24. The third-order valence-electron chi connectivity index (χ3n) is 2.64. The molecular formula is C13H19NO. The lowest BCUT2D eigenvalue weighted by Crippen LogP contribution is -2.21. The Morgan fingerprint density at radius 1 is 1.20 bits per heavy atom. The highest BCUT2D eigenvalue weighted by molar-refractivity contribution is 5.98. The molecule has 2 atom stereocenters. The molecule has 1 rings (SSSR count). The molecule has 0 radical (unpaired) electrons. The Bertz CT molecular complexity index is 319. The Hall–Kier alpha value is -1.15. The predicted octanol–water partition coefficient (Wildman–Crippen LogP) is 2.92. The van der Waals surface area contributed by atoms with Gasteiger partial charge in [0, 0.05) is 12.8 Å². The first-order valence-corrected chi connectivity index (χ1v) is 5.27. The molecule has 0 aliphatic heterocycles. The highest BCUT2D eigenvalue weighted by Gasteiger charge is 2.09. The number of hydrogen-bond donors (Lipinski definition) is 0. The Balaban J connectivity index is 2.76. The number of rotatable bonds is 4. The summed E-state index contributed by atoms with van der Waals surface area (Å²) in [7, 11) is 1.72. The standard InChI is InChI=1S/C13H19NO/c1-10(12(3)15-4)14-11(2)13-8-6-5-7-9-13/h5-10,12H,1-4H3/t10-,12?/m0/s1. The van der Waals surface area contributed by atoms with Crippen LogP contribution in [0.5, 0.6) is 0 Å². The van der Waals surface area contributed by atoms with Gasteiger partial charge in [0.2, 0.25) is 0 Å². The maximum Gasteiger partial charge on any atom is 0.0763 e. The van der Waals surface area contributed by atoms with Gasteiger partial charge in [0.25, 0.3) is 0 Å². The van der Waals surface area contributed by atoms with Crippen LogP contribution in [0.15, 0.2) is 35.3 Å². The zero-order chi connectivity index (χ0) is 11.3. The van der Waals surface area contributed by atoms with Crippen molar-refractivity contribution in [2.24, 2.45) is 4.99 Å². The van der Waals surface area contributed by atoms with E-state index < -0.39 is 0 Å². The maximum atomic E-state index is 5.24. The molecule has 0 saturated heterocycles. The van der Waals surface area contributed by atoms with Crippen molar-refractivity contribution in [2.75, 3.05) is 7.11 Å². The van der Waals surface area contributed by atoms with E-state index in [0.29, 0.717) is 0 Å². The molecule has 0 spiro atoms. The van der Waals surface area contributed by atoms with Crippen molar-refractivity contribution in [3.63, 3.8) is 0 Å².